The number of carbonyl (C=O) groups excluding carboxylic acids is 2. The standard InChI is InChI=1S/C20H19NO4/c22-19(16-11-17-13-21(12-16)20(23)24-17)25-18(14-7-3-1-4-8-14)15-9-5-2-6-10-15/h1-10,16-18H,11-13H2/t16-,17+/m0/s1. The number of nitrogens with zero attached hydrogens (tertiary/aromatic N) is 1. The molecule has 2 fully saturated rings. The Hall–Kier alpha value is -2.82. The molecule has 2 aromatic rings. The maximum atomic E-state index is 12.8. The molecule has 0 aliphatic carbocycles. The lowest BCUT2D eigenvalue weighted by Crippen LogP contribution is -2.40. The number of benzene rings is 2. The number of amides is 1. The molecule has 2 aromatic carbocycles. The van der Waals surface area contributed by atoms with Crippen LogP contribution in [0.4, 0.5) is 4.79 Å². The van der Waals surface area contributed by atoms with Crippen LogP contribution in [0.5, 0.6) is 0 Å². The van der Waals surface area contributed by atoms with Gasteiger partial charge >= 0.3 is 12.1 Å². The molecule has 2 aliphatic rings. The third-order valence-corrected chi connectivity index (χ3v) is 4.71. The van der Waals surface area contributed by atoms with Gasteiger partial charge in [-0.2, -0.15) is 0 Å². The van der Waals surface area contributed by atoms with Crippen molar-refractivity contribution in [1.29, 1.82) is 0 Å². The zero-order valence-corrected chi connectivity index (χ0v) is 13.7. The third-order valence-electron chi connectivity index (χ3n) is 4.71. The first kappa shape index (κ1) is 15.7. The van der Waals surface area contributed by atoms with Gasteiger partial charge < -0.3 is 14.4 Å². The second-order valence-electron chi connectivity index (χ2n) is 6.48. The minimum Gasteiger partial charge on any atom is -0.452 e. The van der Waals surface area contributed by atoms with Crippen LogP contribution < -0.4 is 0 Å². The van der Waals surface area contributed by atoms with Gasteiger partial charge in [-0.05, 0) is 11.1 Å². The van der Waals surface area contributed by atoms with Crippen LogP contribution >= 0.6 is 0 Å². The highest BCUT2D eigenvalue weighted by Crippen LogP contribution is 2.31. The number of ether oxygens (including phenoxy) is 2. The van der Waals surface area contributed by atoms with Crippen molar-refractivity contribution >= 4 is 12.1 Å². The molecule has 1 amide bonds. The number of hydrogen-bond donors (Lipinski definition) is 0. The minimum absolute atomic E-state index is 0.203. The van der Waals surface area contributed by atoms with Crippen LogP contribution in [0.3, 0.4) is 0 Å². The minimum atomic E-state index is -0.457. The van der Waals surface area contributed by atoms with Gasteiger partial charge in [0.1, 0.15) is 6.10 Å². The maximum Gasteiger partial charge on any atom is 0.410 e. The van der Waals surface area contributed by atoms with E-state index in [0.29, 0.717) is 19.5 Å². The van der Waals surface area contributed by atoms with Crippen molar-refractivity contribution in [2.24, 2.45) is 5.92 Å². The fourth-order valence-electron chi connectivity index (χ4n) is 3.47. The number of esters is 1. The molecule has 2 aliphatic heterocycles. The third kappa shape index (κ3) is 3.22. The Morgan fingerprint density at radius 3 is 2.16 bits per heavy atom. The summed E-state index contributed by atoms with van der Waals surface area (Å²) >= 11 is 0. The maximum absolute atomic E-state index is 12.8. The molecule has 128 valence electrons. The van der Waals surface area contributed by atoms with E-state index in [0.717, 1.165) is 11.1 Å². The predicted octanol–water partition coefficient (Wildman–Crippen LogP) is 3.16. The first-order chi connectivity index (χ1) is 12.2. The number of fused-ring (bicyclic) bond motifs is 2. The summed E-state index contributed by atoms with van der Waals surface area (Å²) in [5.74, 6) is -0.633. The fraction of sp³-hybridized carbons (Fsp3) is 0.300. The van der Waals surface area contributed by atoms with Gasteiger partial charge in [-0.1, -0.05) is 60.7 Å². The zero-order valence-electron chi connectivity index (χ0n) is 13.7. The van der Waals surface area contributed by atoms with Crippen LogP contribution in [-0.2, 0) is 14.3 Å². The van der Waals surface area contributed by atoms with E-state index in [1.807, 2.05) is 60.7 Å². The molecule has 2 atom stereocenters. The van der Waals surface area contributed by atoms with Crippen LogP contribution in [-0.4, -0.2) is 36.2 Å². The zero-order chi connectivity index (χ0) is 17.2. The van der Waals surface area contributed by atoms with E-state index < -0.39 is 6.10 Å². The fourth-order valence-corrected chi connectivity index (χ4v) is 3.47. The Kier molecular flexibility index (Phi) is 4.14. The number of carbonyl (C=O) groups is 2. The largest absolute Gasteiger partial charge is 0.452 e. The van der Waals surface area contributed by atoms with Crippen LogP contribution in [0, 0.1) is 5.92 Å². The van der Waals surface area contributed by atoms with Gasteiger partial charge in [0.05, 0.1) is 12.5 Å². The van der Waals surface area contributed by atoms with Crippen molar-refractivity contribution in [3.8, 4) is 0 Å². The molecule has 5 nitrogen and oxygen atoms in total. The van der Waals surface area contributed by atoms with Gasteiger partial charge in [0.2, 0.25) is 0 Å². The Bertz CT molecular complexity index is 722. The topological polar surface area (TPSA) is 55.8 Å². The molecule has 0 N–H and O–H groups in total. The van der Waals surface area contributed by atoms with E-state index >= 15 is 0 Å². The first-order valence-corrected chi connectivity index (χ1v) is 8.46. The van der Waals surface area contributed by atoms with Gasteiger partial charge in [0.15, 0.2) is 6.10 Å². The SMILES string of the molecule is O=C(OC(c1ccccc1)c1ccccc1)[C@H]1C[C@@H]2CN(C1)C(=O)O2. The molecule has 0 saturated carbocycles. The molecule has 0 radical (unpaired) electrons. The summed E-state index contributed by atoms with van der Waals surface area (Å²) in [5, 5.41) is 0. The number of hydrogen-bond acceptors (Lipinski definition) is 4. The van der Waals surface area contributed by atoms with Crippen LogP contribution in [0.2, 0.25) is 0 Å². The summed E-state index contributed by atoms with van der Waals surface area (Å²) in [6.45, 7) is 0.938. The second-order valence-corrected chi connectivity index (χ2v) is 6.48. The summed E-state index contributed by atoms with van der Waals surface area (Å²) in [6.07, 6.45) is -0.466. The van der Waals surface area contributed by atoms with E-state index in [1.165, 1.54) is 0 Å². The summed E-state index contributed by atoms with van der Waals surface area (Å²) in [7, 11) is 0. The molecule has 2 heterocycles. The van der Waals surface area contributed by atoms with Crippen LogP contribution in [0.15, 0.2) is 60.7 Å². The van der Waals surface area contributed by atoms with Crippen molar-refractivity contribution in [1.82, 2.24) is 4.90 Å². The predicted molar refractivity (Wildman–Crippen MR) is 90.8 cm³/mol. The Balaban J connectivity index is 1.55. The average molecular weight is 337 g/mol. The smallest absolute Gasteiger partial charge is 0.410 e. The highest BCUT2D eigenvalue weighted by molar-refractivity contribution is 5.77. The molecular formula is C20H19NO4. The van der Waals surface area contributed by atoms with Gasteiger partial charge in [-0.25, -0.2) is 4.79 Å². The van der Waals surface area contributed by atoms with Crippen LogP contribution in [0.25, 0.3) is 0 Å². The van der Waals surface area contributed by atoms with Crippen molar-refractivity contribution in [2.75, 3.05) is 13.1 Å². The molecule has 0 aromatic heterocycles. The summed E-state index contributed by atoms with van der Waals surface area (Å²) in [6, 6.07) is 19.4. The second kappa shape index (κ2) is 6.59. The first-order valence-electron chi connectivity index (χ1n) is 8.46. The normalized spacial score (nSPS) is 22.0. The lowest BCUT2D eigenvalue weighted by molar-refractivity contribution is -0.154. The molecule has 5 heteroatoms. The monoisotopic (exact) mass is 337 g/mol. The van der Waals surface area contributed by atoms with Crippen molar-refractivity contribution < 1.29 is 19.1 Å². The van der Waals surface area contributed by atoms with E-state index in [1.54, 1.807) is 4.90 Å². The van der Waals surface area contributed by atoms with E-state index in [9.17, 15) is 9.59 Å². The van der Waals surface area contributed by atoms with Gasteiger partial charge in [-0.15, -0.1) is 0 Å². The van der Waals surface area contributed by atoms with Crippen molar-refractivity contribution in [3.05, 3.63) is 71.8 Å². The summed E-state index contributed by atoms with van der Waals surface area (Å²) in [5.41, 5.74) is 1.85. The average Bonchev–Trinajstić information content (AvgIpc) is 2.92. The quantitative estimate of drug-likeness (QED) is 0.804. The number of piperidine rings is 1. The molecule has 0 unspecified atom stereocenters. The highest BCUT2D eigenvalue weighted by atomic mass is 16.6. The number of rotatable bonds is 4. The van der Waals surface area contributed by atoms with Gasteiger partial charge in [0, 0.05) is 13.0 Å². The molecule has 4 rings (SSSR count). The molecule has 0 spiro atoms. The summed E-state index contributed by atoms with van der Waals surface area (Å²) < 4.78 is 11.1. The van der Waals surface area contributed by atoms with Crippen molar-refractivity contribution in [2.45, 2.75) is 18.6 Å². The Morgan fingerprint density at radius 1 is 1.00 bits per heavy atom. The van der Waals surface area contributed by atoms with Gasteiger partial charge in [0.25, 0.3) is 0 Å². The lowest BCUT2D eigenvalue weighted by atomic mass is 9.96. The van der Waals surface area contributed by atoms with E-state index in [4.69, 9.17) is 9.47 Å². The van der Waals surface area contributed by atoms with E-state index in [2.05, 4.69) is 0 Å². The molecule has 2 saturated heterocycles. The highest BCUT2D eigenvalue weighted by Gasteiger charge is 2.42. The molecular weight excluding hydrogens is 318 g/mol. The van der Waals surface area contributed by atoms with E-state index in [-0.39, 0.29) is 24.1 Å². The van der Waals surface area contributed by atoms with Gasteiger partial charge in [-0.3, -0.25) is 4.79 Å². The Labute approximate surface area is 146 Å². The Morgan fingerprint density at radius 2 is 1.60 bits per heavy atom. The molecule has 2 bridgehead atoms. The molecule has 25 heavy (non-hydrogen) atoms. The lowest BCUT2D eigenvalue weighted by Gasteiger charge is -2.27. The summed E-state index contributed by atoms with van der Waals surface area (Å²) in [4.78, 5) is 26.0. The van der Waals surface area contributed by atoms with Crippen molar-refractivity contribution in [3.63, 3.8) is 0 Å². The van der Waals surface area contributed by atoms with Crippen LogP contribution in [0.1, 0.15) is 23.7 Å².